The maximum atomic E-state index is 12.2. The van der Waals surface area contributed by atoms with E-state index in [1.165, 1.54) is 29.5 Å². The number of nitro groups is 1. The summed E-state index contributed by atoms with van der Waals surface area (Å²) in [6, 6.07) is 8.19. The molecule has 1 N–H and O–H groups in total. The number of amides is 1. The van der Waals surface area contributed by atoms with Crippen molar-refractivity contribution in [1.82, 2.24) is 4.98 Å². The topological polar surface area (TPSA) is 108 Å². The Morgan fingerprint density at radius 2 is 2.00 bits per heavy atom. The lowest BCUT2D eigenvalue weighted by Crippen LogP contribution is -2.10. The van der Waals surface area contributed by atoms with Crippen molar-refractivity contribution in [2.24, 2.45) is 0 Å². The van der Waals surface area contributed by atoms with Crippen LogP contribution in [0, 0.1) is 17.0 Å². The Bertz CT molecular complexity index is 984. The third-order valence-corrected chi connectivity index (χ3v) is 4.25. The lowest BCUT2D eigenvalue weighted by Gasteiger charge is -2.05. The van der Waals surface area contributed by atoms with Gasteiger partial charge < -0.3 is 9.15 Å². The van der Waals surface area contributed by atoms with E-state index < -0.39 is 23.3 Å². The van der Waals surface area contributed by atoms with Crippen molar-refractivity contribution < 1.29 is 27.7 Å². The molecule has 0 fully saturated rings. The van der Waals surface area contributed by atoms with Crippen LogP contribution in [0.1, 0.15) is 15.4 Å². The molecule has 27 heavy (non-hydrogen) atoms. The second-order valence-electron chi connectivity index (χ2n) is 5.18. The molecule has 3 rings (SSSR count). The lowest BCUT2D eigenvalue weighted by molar-refractivity contribution is -0.402. The van der Waals surface area contributed by atoms with Crippen molar-refractivity contribution in [3.05, 3.63) is 57.1 Å². The summed E-state index contributed by atoms with van der Waals surface area (Å²) in [5.41, 5.74) is 1.21. The van der Waals surface area contributed by atoms with Gasteiger partial charge in [-0.05, 0) is 37.3 Å². The van der Waals surface area contributed by atoms with Gasteiger partial charge in [-0.1, -0.05) is 0 Å². The van der Waals surface area contributed by atoms with Gasteiger partial charge in [-0.3, -0.25) is 20.2 Å². The van der Waals surface area contributed by atoms with Crippen molar-refractivity contribution in [3.8, 4) is 17.0 Å². The van der Waals surface area contributed by atoms with E-state index in [0.717, 1.165) is 10.9 Å². The first-order valence-corrected chi connectivity index (χ1v) is 8.23. The lowest BCUT2D eigenvalue weighted by atomic mass is 10.1. The predicted octanol–water partition coefficient (Wildman–Crippen LogP) is 4.47. The monoisotopic (exact) mass is 395 g/mol. The maximum absolute atomic E-state index is 12.2. The first kappa shape index (κ1) is 18.5. The number of nitrogens with one attached hydrogen (secondary N) is 1. The van der Waals surface area contributed by atoms with Gasteiger partial charge in [-0.15, -0.1) is 11.3 Å². The number of halogens is 2. The number of hydrogen-bond donors (Lipinski definition) is 1. The number of ether oxygens (including phenoxy) is 1. The molecule has 3 aromatic rings. The first-order valence-electron chi connectivity index (χ1n) is 7.41. The number of aryl methyl sites for hydroxylation is 1. The van der Waals surface area contributed by atoms with E-state index >= 15 is 0 Å². The smallest absolute Gasteiger partial charge is 0.433 e. The molecule has 0 atom stereocenters. The molecule has 0 aliphatic rings. The number of nitrogens with zero attached hydrogens (tertiary/aromatic N) is 2. The number of benzene rings is 1. The second-order valence-corrected chi connectivity index (χ2v) is 6.38. The highest BCUT2D eigenvalue weighted by molar-refractivity contribution is 7.16. The summed E-state index contributed by atoms with van der Waals surface area (Å²) in [5, 5.41) is 13.4. The van der Waals surface area contributed by atoms with E-state index in [9.17, 15) is 23.7 Å². The fourth-order valence-corrected chi connectivity index (χ4v) is 3.05. The highest BCUT2D eigenvalue weighted by Crippen LogP contribution is 2.32. The minimum Gasteiger partial charge on any atom is -0.435 e. The predicted molar refractivity (Wildman–Crippen MR) is 92.2 cm³/mol. The minimum atomic E-state index is -2.91. The van der Waals surface area contributed by atoms with E-state index in [0.29, 0.717) is 11.3 Å². The standard InChI is InChI=1S/C16H11F2N3O5S/c1-8-13(9-2-4-10(5-3-9)25-15(17)18)19-16(27-8)20-14(22)11-6-7-12(26-11)21(23)24/h2-7,15H,1H3,(H,19,20,22). The van der Waals surface area contributed by atoms with E-state index in [1.54, 1.807) is 19.1 Å². The normalized spacial score (nSPS) is 10.8. The summed E-state index contributed by atoms with van der Waals surface area (Å²) in [6.45, 7) is -1.12. The molecule has 0 spiro atoms. The highest BCUT2D eigenvalue weighted by atomic mass is 32.1. The molecule has 2 heterocycles. The Balaban J connectivity index is 1.75. The molecule has 11 heteroatoms. The summed E-state index contributed by atoms with van der Waals surface area (Å²) >= 11 is 1.19. The van der Waals surface area contributed by atoms with Gasteiger partial charge in [0.05, 0.1) is 11.8 Å². The van der Waals surface area contributed by atoms with Crippen LogP contribution in [0.2, 0.25) is 0 Å². The Morgan fingerprint density at radius 3 is 2.59 bits per heavy atom. The molecule has 1 amide bonds. The average molecular weight is 395 g/mol. The quantitative estimate of drug-likeness (QED) is 0.487. The highest BCUT2D eigenvalue weighted by Gasteiger charge is 2.19. The molecule has 0 bridgehead atoms. The Kier molecular flexibility index (Phi) is 5.12. The molecular formula is C16H11F2N3O5S. The molecule has 140 valence electrons. The van der Waals surface area contributed by atoms with Gasteiger partial charge in [0.1, 0.15) is 10.7 Å². The summed E-state index contributed by atoms with van der Waals surface area (Å²) in [6.07, 6.45) is 0. The zero-order valence-corrected chi connectivity index (χ0v) is 14.5. The van der Waals surface area contributed by atoms with Crippen LogP contribution in [-0.2, 0) is 0 Å². The number of hydrogen-bond acceptors (Lipinski definition) is 7. The number of carbonyl (C=O) groups excluding carboxylic acids is 1. The van der Waals surface area contributed by atoms with Gasteiger partial charge >= 0.3 is 12.5 Å². The van der Waals surface area contributed by atoms with Gasteiger partial charge in [-0.25, -0.2) is 4.98 Å². The van der Waals surface area contributed by atoms with Crippen molar-refractivity contribution in [2.45, 2.75) is 13.5 Å². The van der Waals surface area contributed by atoms with Crippen LogP contribution in [-0.4, -0.2) is 22.4 Å². The van der Waals surface area contributed by atoms with Gasteiger partial charge in [0.2, 0.25) is 0 Å². The molecule has 0 aliphatic carbocycles. The second kappa shape index (κ2) is 7.50. The third kappa shape index (κ3) is 4.26. The van der Waals surface area contributed by atoms with Crippen LogP contribution in [0.15, 0.2) is 40.8 Å². The van der Waals surface area contributed by atoms with Crippen molar-refractivity contribution >= 4 is 28.3 Å². The van der Waals surface area contributed by atoms with Gasteiger partial charge in [0, 0.05) is 10.4 Å². The first-order chi connectivity index (χ1) is 12.8. The van der Waals surface area contributed by atoms with Crippen LogP contribution in [0.5, 0.6) is 5.75 Å². The number of rotatable bonds is 6. The molecule has 0 unspecified atom stereocenters. The molecule has 0 saturated heterocycles. The van der Waals surface area contributed by atoms with E-state index in [-0.39, 0.29) is 16.6 Å². The fraction of sp³-hybridized carbons (Fsp3) is 0.125. The number of anilines is 1. The van der Waals surface area contributed by atoms with Gasteiger partial charge in [0.25, 0.3) is 5.91 Å². The van der Waals surface area contributed by atoms with Crippen LogP contribution in [0.4, 0.5) is 19.8 Å². The minimum absolute atomic E-state index is 0.0228. The zero-order valence-electron chi connectivity index (χ0n) is 13.6. The number of alkyl halides is 2. The summed E-state index contributed by atoms with van der Waals surface area (Å²) in [5.74, 6) is -1.41. The fourth-order valence-electron chi connectivity index (χ4n) is 2.22. The van der Waals surface area contributed by atoms with Gasteiger partial charge in [-0.2, -0.15) is 8.78 Å². The molecular weight excluding hydrogens is 384 g/mol. The molecule has 1 aromatic carbocycles. The molecule has 2 aromatic heterocycles. The molecule has 8 nitrogen and oxygen atoms in total. The molecule has 0 radical (unpaired) electrons. The van der Waals surface area contributed by atoms with E-state index in [1.807, 2.05) is 0 Å². The van der Waals surface area contributed by atoms with Crippen LogP contribution < -0.4 is 10.1 Å². The zero-order chi connectivity index (χ0) is 19.6. The van der Waals surface area contributed by atoms with Crippen LogP contribution in [0.3, 0.4) is 0 Å². The SMILES string of the molecule is Cc1sc(NC(=O)c2ccc([N+](=O)[O-])o2)nc1-c1ccc(OC(F)F)cc1. The van der Waals surface area contributed by atoms with Crippen molar-refractivity contribution in [2.75, 3.05) is 5.32 Å². The summed E-state index contributed by atoms with van der Waals surface area (Å²) in [7, 11) is 0. The number of furan rings is 1. The number of aromatic nitrogens is 1. The maximum Gasteiger partial charge on any atom is 0.433 e. The Morgan fingerprint density at radius 1 is 1.30 bits per heavy atom. The van der Waals surface area contributed by atoms with E-state index in [4.69, 9.17) is 4.42 Å². The number of carbonyl (C=O) groups is 1. The van der Waals surface area contributed by atoms with Crippen LogP contribution in [0.25, 0.3) is 11.3 Å². The number of thiazole rings is 1. The third-order valence-electron chi connectivity index (χ3n) is 3.37. The largest absolute Gasteiger partial charge is 0.435 e. The molecule has 0 aliphatic heterocycles. The molecule has 0 saturated carbocycles. The van der Waals surface area contributed by atoms with Crippen LogP contribution >= 0.6 is 11.3 Å². The van der Waals surface area contributed by atoms with E-state index in [2.05, 4.69) is 15.0 Å². The Hall–Kier alpha value is -3.34. The summed E-state index contributed by atoms with van der Waals surface area (Å²) in [4.78, 5) is 27.0. The van der Waals surface area contributed by atoms with Crippen molar-refractivity contribution in [3.63, 3.8) is 0 Å². The summed E-state index contributed by atoms with van der Waals surface area (Å²) < 4.78 is 33.5. The average Bonchev–Trinajstić information content (AvgIpc) is 3.22. The van der Waals surface area contributed by atoms with Gasteiger partial charge in [0.15, 0.2) is 10.9 Å². The van der Waals surface area contributed by atoms with Crippen molar-refractivity contribution in [1.29, 1.82) is 0 Å². The Labute approximate surface area is 154 Å².